The number of nitrogens with one attached hydrogen (secondary N) is 1. The Morgan fingerprint density at radius 2 is 1.62 bits per heavy atom. The number of amides is 2. The Morgan fingerprint density at radius 3 is 2.23 bits per heavy atom. The van der Waals surface area contributed by atoms with Crippen LogP contribution < -0.4 is 14.4 Å². The van der Waals surface area contributed by atoms with Crippen LogP contribution >= 0.6 is 11.6 Å². The summed E-state index contributed by atoms with van der Waals surface area (Å²) in [6, 6.07) is 22.3. The Bertz CT molecular complexity index is 1350. The van der Waals surface area contributed by atoms with Gasteiger partial charge in [-0.15, -0.1) is 0 Å². The van der Waals surface area contributed by atoms with Crippen molar-refractivity contribution in [3.63, 3.8) is 0 Å². The summed E-state index contributed by atoms with van der Waals surface area (Å²) in [5.41, 5.74) is 1.95. The van der Waals surface area contributed by atoms with Crippen molar-refractivity contribution >= 4 is 39.1 Å². The van der Waals surface area contributed by atoms with E-state index >= 15 is 0 Å². The van der Waals surface area contributed by atoms with Gasteiger partial charge < -0.3 is 15.0 Å². The third-order valence-electron chi connectivity index (χ3n) is 6.07. The van der Waals surface area contributed by atoms with E-state index in [0.29, 0.717) is 35.2 Å². The van der Waals surface area contributed by atoms with Crippen molar-refractivity contribution in [1.29, 1.82) is 0 Å². The highest BCUT2D eigenvalue weighted by molar-refractivity contribution is 7.92. The van der Waals surface area contributed by atoms with Gasteiger partial charge in [-0.05, 0) is 54.8 Å². The minimum atomic E-state index is -3.84. The molecule has 0 unspecified atom stereocenters. The molecule has 0 aliphatic rings. The maximum Gasteiger partial charge on any atom is 0.244 e. The van der Waals surface area contributed by atoms with Crippen molar-refractivity contribution in [2.45, 2.75) is 39.5 Å². The summed E-state index contributed by atoms with van der Waals surface area (Å²) in [5.74, 6) is -0.309. The molecule has 2 amide bonds. The topological polar surface area (TPSA) is 96.0 Å². The van der Waals surface area contributed by atoms with Crippen molar-refractivity contribution in [2.24, 2.45) is 0 Å². The SMILES string of the molecule is CCCNC(=O)[C@H](C)N(Cc1ccccc1Cl)C(=O)CN(c1ccc(OCc2ccccc2)cc1)S(C)(=O)=O. The van der Waals surface area contributed by atoms with Crippen LogP contribution in [0.2, 0.25) is 5.02 Å². The van der Waals surface area contributed by atoms with Gasteiger partial charge >= 0.3 is 0 Å². The Hall–Kier alpha value is -3.56. The molecule has 0 fully saturated rings. The van der Waals surface area contributed by atoms with Gasteiger partial charge in [-0.2, -0.15) is 0 Å². The maximum atomic E-state index is 13.6. The second-order valence-electron chi connectivity index (χ2n) is 9.12. The molecule has 0 heterocycles. The zero-order valence-electron chi connectivity index (χ0n) is 22.3. The summed E-state index contributed by atoms with van der Waals surface area (Å²) < 4.78 is 32.4. The number of carbonyl (C=O) groups excluding carboxylic acids is 2. The first kappa shape index (κ1) is 30.0. The molecule has 0 saturated carbocycles. The molecule has 0 bridgehead atoms. The maximum absolute atomic E-state index is 13.6. The first-order valence-electron chi connectivity index (χ1n) is 12.6. The van der Waals surface area contributed by atoms with E-state index in [0.717, 1.165) is 22.5 Å². The number of hydrogen-bond donors (Lipinski definition) is 1. The highest BCUT2D eigenvalue weighted by atomic mass is 35.5. The number of ether oxygens (including phenoxy) is 1. The fourth-order valence-corrected chi connectivity index (χ4v) is 4.90. The second kappa shape index (κ2) is 14.0. The van der Waals surface area contributed by atoms with Gasteiger partial charge in [0, 0.05) is 18.1 Å². The number of sulfonamides is 1. The van der Waals surface area contributed by atoms with Crippen LogP contribution in [0.3, 0.4) is 0 Å². The largest absolute Gasteiger partial charge is 0.489 e. The van der Waals surface area contributed by atoms with Crippen molar-refractivity contribution in [3.8, 4) is 5.75 Å². The van der Waals surface area contributed by atoms with Crippen LogP contribution in [-0.2, 0) is 32.8 Å². The summed E-state index contributed by atoms with van der Waals surface area (Å²) in [6.07, 6.45) is 1.78. The summed E-state index contributed by atoms with van der Waals surface area (Å²) in [6.45, 7) is 3.93. The number of carbonyl (C=O) groups is 2. The first-order chi connectivity index (χ1) is 18.6. The fourth-order valence-electron chi connectivity index (χ4n) is 3.85. The lowest BCUT2D eigenvalue weighted by molar-refractivity contribution is -0.139. The smallest absolute Gasteiger partial charge is 0.244 e. The third kappa shape index (κ3) is 8.73. The molecule has 1 atom stereocenters. The molecule has 39 heavy (non-hydrogen) atoms. The minimum absolute atomic E-state index is 0.0447. The number of anilines is 1. The molecule has 10 heteroatoms. The molecule has 3 aromatic rings. The molecule has 0 spiro atoms. The van der Waals surface area contributed by atoms with Crippen LogP contribution in [0.5, 0.6) is 5.75 Å². The normalized spacial score (nSPS) is 11.9. The summed E-state index contributed by atoms with van der Waals surface area (Å²) in [5, 5.41) is 3.25. The van der Waals surface area contributed by atoms with Crippen LogP contribution in [0.4, 0.5) is 5.69 Å². The predicted octanol–water partition coefficient (Wildman–Crippen LogP) is 4.63. The summed E-state index contributed by atoms with van der Waals surface area (Å²) in [4.78, 5) is 27.7. The zero-order valence-corrected chi connectivity index (χ0v) is 23.9. The number of benzene rings is 3. The van der Waals surface area contributed by atoms with E-state index in [2.05, 4.69) is 5.32 Å². The van der Waals surface area contributed by atoms with Crippen molar-refractivity contribution in [3.05, 3.63) is 95.0 Å². The minimum Gasteiger partial charge on any atom is -0.489 e. The molecule has 0 aliphatic heterocycles. The van der Waals surface area contributed by atoms with Gasteiger partial charge in [0.15, 0.2) is 0 Å². The number of nitrogens with zero attached hydrogens (tertiary/aromatic N) is 2. The molecule has 0 radical (unpaired) electrons. The molecule has 0 saturated heterocycles. The van der Waals surface area contributed by atoms with E-state index in [-0.39, 0.29) is 12.5 Å². The van der Waals surface area contributed by atoms with Gasteiger partial charge in [0.2, 0.25) is 21.8 Å². The van der Waals surface area contributed by atoms with Gasteiger partial charge in [-0.3, -0.25) is 13.9 Å². The second-order valence-corrected chi connectivity index (χ2v) is 11.4. The molecule has 3 aromatic carbocycles. The Kier molecular flexibility index (Phi) is 10.8. The lowest BCUT2D eigenvalue weighted by Crippen LogP contribution is -2.51. The van der Waals surface area contributed by atoms with E-state index in [1.54, 1.807) is 55.5 Å². The molecular formula is C29H34ClN3O5S. The quantitative estimate of drug-likeness (QED) is 0.323. The molecule has 208 valence electrons. The van der Waals surface area contributed by atoms with Gasteiger partial charge in [-0.1, -0.05) is 67.1 Å². The number of rotatable bonds is 13. The fraction of sp³-hybridized carbons (Fsp3) is 0.310. The van der Waals surface area contributed by atoms with Gasteiger partial charge in [0.1, 0.15) is 24.9 Å². The average molecular weight is 572 g/mol. The Labute approximate surface area is 235 Å². The van der Waals surface area contributed by atoms with Crippen LogP contribution in [0, 0.1) is 0 Å². The zero-order chi connectivity index (χ0) is 28.4. The Morgan fingerprint density at radius 1 is 0.974 bits per heavy atom. The van der Waals surface area contributed by atoms with Crippen LogP contribution in [0.1, 0.15) is 31.4 Å². The molecule has 8 nitrogen and oxygen atoms in total. The van der Waals surface area contributed by atoms with E-state index in [9.17, 15) is 18.0 Å². The van der Waals surface area contributed by atoms with Crippen LogP contribution in [-0.4, -0.2) is 50.5 Å². The molecule has 3 rings (SSSR count). The summed E-state index contributed by atoms with van der Waals surface area (Å²) >= 11 is 6.34. The van der Waals surface area contributed by atoms with Gasteiger partial charge in [0.05, 0.1) is 11.9 Å². The molecular weight excluding hydrogens is 538 g/mol. The van der Waals surface area contributed by atoms with Gasteiger partial charge in [0.25, 0.3) is 0 Å². The molecule has 0 aromatic heterocycles. The van der Waals surface area contributed by atoms with Crippen LogP contribution in [0.15, 0.2) is 78.9 Å². The van der Waals surface area contributed by atoms with E-state index < -0.39 is 28.5 Å². The lowest BCUT2D eigenvalue weighted by Gasteiger charge is -2.31. The summed E-state index contributed by atoms with van der Waals surface area (Å²) in [7, 11) is -3.84. The van der Waals surface area contributed by atoms with Crippen molar-refractivity contribution in [1.82, 2.24) is 10.2 Å². The highest BCUT2D eigenvalue weighted by Gasteiger charge is 2.30. The monoisotopic (exact) mass is 571 g/mol. The lowest BCUT2D eigenvalue weighted by atomic mass is 10.1. The highest BCUT2D eigenvalue weighted by Crippen LogP contribution is 2.24. The standard InChI is InChI=1S/C29H34ClN3O5S/c1-4-18-31-29(35)22(2)32(19-24-12-8-9-13-27(24)30)28(34)20-33(39(3,36)37)25-14-16-26(17-15-25)38-21-23-10-6-5-7-11-23/h5-17,22H,4,18-21H2,1-3H3,(H,31,35)/t22-/m0/s1. The third-order valence-corrected chi connectivity index (χ3v) is 7.58. The van der Waals surface area contributed by atoms with E-state index in [1.165, 1.54) is 4.90 Å². The van der Waals surface area contributed by atoms with Crippen LogP contribution in [0.25, 0.3) is 0 Å². The predicted molar refractivity (Wildman–Crippen MR) is 154 cm³/mol. The molecule has 0 aliphatic carbocycles. The van der Waals surface area contributed by atoms with Crippen molar-refractivity contribution < 1.29 is 22.7 Å². The molecule has 1 N–H and O–H groups in total. The number of hydrogen-bond acceptors (Lipinski definition) is 5. The first-order valence-corrected chi connectivity index (χ1v) is 14.9. The Balaban J connectivity index is 1.82. The number of halogens is 1. The van der Waals surface area contributed by atoms with Crippen molar-refractivity contribution in [2.75, 3.05) is 23.7 Å². The van der Waals surface area contributed by atoms with E-state index in [1.807, 2.05) is 37.3 Å². The van der Waals surface area contributed by atoms with E-state index in [4.69, 9.17) is 16.3 Å². The average Bonchev–Trinajstić information content (AvgIpc) is 2.93. The van der Waals surface area contributed by atoms with Gasteiger partial charge in [-0.25, -0.2) is 8.42 Å².